The molecule has 1 amide bonds. The number of nitrogens with zero attached hydrogens (tertiary/aromatic N) is 2. The Bertz CT molecular complexity index is 591. The van der Waals surface area contributed by atoms with Gasteiger partial charge in [0.1, 0.15) is 0 Å². The summed E-state index contributed by atoms with van der Waals surface area (Å²) in [7, 11) is 0. The van der Waals surface area contributed by atoms with Gasteiger partial charge in [0, 0.05) is 42.8 Å². The maximum Gasteiger partial charge on any atom is 0.251 e. The van der Waals surface area contributed by atoms with Crippen LogP contribution in [-0.4, -0.2) is 69.2 Å². The number of benzene rings is 1. The number of aliphatic imine (C=N–C) groups is 1. The summed E-state index contributed by atoms with van der Waals surface area (Å²) in [6, 6.07) is 7.32. The molecule has 0 radical (unpaired) electrons. The number of guanidine groups is 1. The average Bonchev–Trinajstić information content (AvgIpc) is 2.65. The number of morpholine rings is 1. The fourth-order valence-corrected chi connectivity index (χ4v) is 3.01. The first-order valence-electron chi connectivity index (χ1n) is 9.03. The van der Waals surface area contributed by atoms with E-state index < -0.39 is 0 Å². The van der Waals surface area contributed by atoms with E-state index in [1.165, 1.54) is 0 Å². The van der Waals surface area contributed by atoms with Crippen LogP contribution in [0.3, 0.4) is 0 Å². The van der Waals surface area contributed by atoms with E-state index in [4.69, 9.17) is 10.5 Å². The van der Waals surface area contributed by atoms with Gasteiger partial charge in [-0.2, -0.15) is 0 Å². The second-order valence-electron chi connectivity index (χ2n) is 6.12. The molecule has 1 aliphatic heterocycles. The van der Waals surface area contributed by atoms with Crippen molar-refractivity contribution in [2.75, 3.05) is 52.5 Å². The van der Waals surface area contributed by atoms with Crippen LogP contribution in [0.15, 0.2) is 33.7 Å². The Morgan fingerprint density at radius 2 is 2.00 bits per heavy atom. The van der Waals surface area contributed by atoms with E-state index in [0.717, 1.165) is 56.7 Å². The van der Waals surface area contributed by atoms with Crippen LogP contribution in [0.1, 0.15) is 23.2 Å². The summed E-state index contributed by atoms with van der Waals surface area (Å²) in [4.78, 5) is 18.7. The Morgan fingerprint density at radius 1 is 1.23 bits per heavy atom. The van der Waals surface area contributed by atoms with Crippen LogP contribution in [0.25, 0.3) is 0 Å². The minimum absolute atomic E-state index is 0.0792. The lowest BCUT2D eigenvalue weighted by Crippen LogP contribution is -2.39. The van der Waals surface area contributed by atoms with Gasteiger partial charge in [-0.05, 0) is 37.6 Å². The summed E-state index contributed by atoms with van der Waals surface area (Å²) < 4.78 is 6.22. The van der Waals surface area contributed by atoms with Crippen molar-refractivity contribution < 1.29 is 9.53 Å². The molecule has 8 heteroatoms. The van der Waals surface area contributed by atoms with E-state index >= 15 is 0 Å². The Labute approximate surface area is 163 Å². The van der Waals surface area contributed by atoms with Crippen LogP contribution in [0.2, 0.25) is 0 Å². The molecule has 0 aliphatic carbocycles. The number of halogens is 1. The van der Waals surface area contributed by atoms with Crippen molar-refractivity contribution in [1.29, 1.82) is 0 Å². The van der Waals surface area contributed by atoms with Gasteiger partial charge in [0.25, 0.3) is 5.91 Å². The van der Waals surface area contributed by atoms with Crippen LogP contribution in [-0.2, 0) is 4.74 Å². The van der Waals surface area contributed by atoms with E-state index in [-0.39, 0.29) is 5.91 Å². The van der Waals surface area contributed by atoms with Crippen LogP contribution in [0.4, 0.5) is 0 Å². The molecule has 1 saturated heterocycles. The molecule has 1 aromatic rings. The normalized spacial score (nSPS) is 15.7. The molecule has 144 valence electrons. The molecule has 26 heavy (non-hydrogen) atoms. The molecule has 2 rings (SSSR count). The molecular weight excluding hydrogens is 398 g/mol. The molecule has 7 nitrogen and oxygen atoms in total. The summed E-state index contributed by atoms with van der Waals surface area (Å²) in [5.41, 5.74) is 6.50. The smallest absolute Gasteiger partial charge is 0.251 e. The van der Waals surface area contributed by atoms with Gasteiger partial charge in [0.05, 0.1) is 13.2 Å². The second-order valence-corrected chi connectivity index (χ2v) is 7.04. The molecule has 1 heterocycles. The van der Waals surface area contributed by atoms with Crippen molar-refractivity contribution >= 4 is 27.8 Å². The number of carbonyl (C=O) groups excluding carboxylic acids is 1. The average molecular weight is 426 g/mol. The van der Waals surface area contributed by atoms with Gasteiger partial charge >= 0.3 is 0 Å². The maximum absolute atomic E-state index is 12.0. The second kappa shape index (κ2) is 11.9. The lowest BCUT2D eigenvalue weighted by molar-refractivity contribution is 0.0376. The molecule has 0 aromatic heterocycles. The molecule has 0 saturated carbocycles. The molecule has 1 aliphatic rings. The third-order valence-corrected chi connectivity index (χ3v) is 4.54. The molecule has 1 fully saturated rings. The molecule has 0 spiro atoms. The van der Waals surface area contributed by atoms with E-state index in [0.29, 0.717) is 24.6 Å². The van der Waals surface area contributed by atoms with Gasteiger partial charge in [-0.25, -0.2) is 0 Å². The fourth-order valence-electron chi connectivity index (χ4n) is 2.61. The van der Waals surface area contributed by atoms with Crippen LogP contribution < -0.4 is 16.4 Å². The van der Waals surface area contributed by atoms with Gasteiger partial charge < -0.3 is 21.1 Å². The minimum Gasteiger partial charge on any atom is -0.379 e. The molecular formula is C18H28BrN5O2. The third kappa shape index (κ3) is 8.16. The van der Waals surface area contributed by atoms with Crippen molar-refractivity contribution in [1.82, 2.24) is 15.5 Å². The number of hydrogen-bond donors (Lipinski definition) is 3. The maximum atomic E-state index is 12.0. The van der Waals surface area contributed by atoms with Gasteiger partial charge in [0.2, 0.25) is 0 Å². The zero-order valence-corrected chi connectivity index (χ0v) is 16.6. The highest BCUT2D eigenvalue weighted by atomic mass is 79.9. The number of hydrogen-bond acceptors (Lipinski definition) is 4. The van der Waals surface area contributed by atoms with E-state index in [9.17, 15) is 4.79 Å². The Kier molecular flexibility index (Phi) is 9.44. The predicted molar refractivity (Wildman–Crippen MR) is 107 cm³/mol. The Balaban J connectivity index is 1.51. The van der Waals surface area contributed by atoms with Gasteiger partial charge in [-0.1, -0.05) is 22.0 Å². The summed E-state index contributed by atoms with van der Waals surface area (Å²) >= 11 is 3.36. The zero-order valence-electron chi connectivity index (χ0n) is 15.0. The summed E-state index contributed by atoms with van der Waals surface area (Å²) in [6.07, 6.45) is 1.77. The monoisotopic (exact) mass is 425 g/mol. The minimum atomic E-state index is -0.0792. The summed E-state index contributed by atoms with van der Waals surface area (Å²) in [6.45, 7) is 6.69. The highest BCUT2D eigenvalue weighted by Gasteiger charge is 2.09. The molecule has 0 bridgehead atoms. The quantitative estimate of drug-likeness (QED) is 0.314. The number of nitrogens with one attached hydrogen (secondary N) is 2. The van der Waals surface area contributed by atoms with Crippen LogP contribution in [0, 0.1) is 0 Å². The van der Waals surface area contributed by atoms with Crippen LogP contribution in [0.5, 0.6) is 0 Å². The van der Waals surface area contributed by atoms with Crippen LogP contribution >= 0.6 is 15.9 Å². The highest BCUT2D eigenvalue weighted by Crippen LogP contribution is 2.11. The van der Waals surface area contributed by atoms with Crippen molar-refractivity contribution in [2.45, 2.75) is 12.8 Å². The largest absolute Gasteiger partial charge is 0.379 e. The zero-order chi connectivity index (χ0) is 18.6. The summed E-state index contributed by atoms with van der Waals surface area (Å²) in [5.74, 6) is 0.384. The number of amides is 1. The van der Waals surface area contributed by atoms with E-state index in [2.05, 4.69) is 36.5 Å². The van der Waals surface area contributed by atoms with Gasteiger partial charge in [-0.3, -0.25) is 14.7 Å². The lowest BCUT2D eigenvalue weighted by atomic mass is 10.2. The standard InChI is InChI=1S/C18H28BrN5O2/c19-16-5-1-4-15(14-16)17(25)21-6-2-7-22-18(20)23-8-3-9-24-10-12-26-13-11-24/h1,4-5,14H,2-3,6-13H2,(H,21,25)(H3,20,22,23). The molecule has 0 atom stereocenters. The molecule has 4 N–H and O–H groups in total. The topological polar surface area (TPSA) is 92.0 Å². The van der Waals surface area contributed by atoms with Crippen molar-refractivity contribution in [3.63, 3.8) is 0 Å². The molecule has 0 unspecified atom stereocenters. The Morgan fingerprint density at radius 3 is 2.77 bits per heavy atom. The van der Waals surface area contributed by atoms with Crippen molar-refractivity contribution in [2.24, 2.45) is 10.7 Å². The lowest BCUT2D eigenvalue weighted by Gasteiger charge is -2.26. The van der Waals surface area contributed by atoms with Gasteiger partial charge in [0.15, 0.2) is 5.96 Å². The first-order chi connectivity index (χ1) is 12.6. The van der Waals surface area contributed by atoms with E-state index in [1.807, 2.05) is 12.1 Å². The van der Waals surface area contributed by atoms with Crippen molar-refractivity contribution in [3.05, 3.63) is 34.3 Å². The number of nitrogens with two attached hydrogens (primary N) is 1. The molecule has 1 aromatic carbocycles. The van der Waals surface area contributed by atoms with Gasteiger partial charge in [-0.15, -0.1) is 0 Å². The number of carbonyl (C=O) groups is 1. The first-order valence-corrected chi connectivity index (χ1v) is 9.82. The van der Waals surface area contributed by atoms with E-state index in [1.54, 1.807) is 12.1 Å². The SMILES string of the molecule is NC(=NCCCNC(=O)c1cccc(Br)c1)NCCCN1CCOCC1. The fraction of sp³-hybridized carbons (Fsp3) is 0.556. The summed E-state index contributed by atoms with van der Waals surface area (Å²) in [5, 5.41) is 6.01. The third-order valence-electron chi connectivity index (χ3n) is 4.05. The number of rotatable bonds is 9. The predicted octanol–water partition coefficient (Wildman–Crippen LogP) is 1.20. The highest BCUT2D eigenvalue weighted by molar-refractivity contribution is 9.10. The van der Waals surface area contributed by atoms with Crippen molar-refractivity contribution in [3.8, 4) is 0 Å². The number of ether oxygens (including phenoxy) is 1. The first kappa shape index (κ1) is 20.7. The Hall–Kier alpha value is -1.64.